The lowest BCUT2D eigenvalue weighted by atomic mass is 10.2. The molecule has 2 rings (SSSR count). The molecule has 0 radical (unpaired) electrons. The van der Waals surface area contributed by atoms with Crippen LogP contribution < -0.4 is 9.47 Å². The van der Waals surface area contributed by atoms with E-state index in [1.54, 1.807) is 0 Å². The van der Waals surface area contributed by atoms with Crippen molar-refractivity contribution in [2.75, 3.05) is 0 Å². The predicted molar refractivity (Wildman–Crippen MR) is 59.6 cm³/mol. The van der Waals surface area contributed by atoms with Crippen LogP contribution in [0, 0.1) is 10.1 Å². The number of nitro benzene ring substituents is 1. The van der Waals surface area contributed by atoms with Crippen LogP contribution in [0.3, 0.4) is 0 Å². The Labute approximate surface area is 118 Å². The highest BCUT2D eigenvalue weighted by atomic mass is 79.9. The molecule has 0 atom stereocenters. The van der Waals surface area contributed by atoms with Crippen molar-refractivity contribution < 1.29 is 32.0 Å². The monoisotopic (exact) mass is 409 g/mol. The van der Waals surface area contributed by atoms with Crippen LogP contribution in [0.1, 0.15) is 0 Å². The van der Waals surface area contributed by atoms with Gasteiger partial charge in [-0.2, -0.15) is 17.6 Å². The minimum Gasteiger partial charge on any atom is -0.421 e. The van der Waals surface area contributed by atoms with Crippen molar-refractivity contribution in [2.24, 2.45) is 0 Å². The number of hydrogen-bond donors (Lipinski definition) is 0. The lowest BCUT2D eigenvalue weighted by Gasteiger charge is -2.31. The number of alkyl halides is 4. The van der Waals surface area contributed by atoms with Crippen LogP contribution in [0.15, 0.2) is 15.0 Å². The summed E-state index contributed by atoms with van der Waals surface area (Å²) in [7, 11) is 0. The van der Waals surface area contributed by atoms with Crippen molar-refractivity contribution in [1.29, 1.82) is 0 Å². The van der Waals surface area contributed by atoms with Crippen LogP contribution in [0.5, 0.6) is 11.5 Å². The summed E-state index contributed by atoms with van der Waals surface area (Å²) in [6.45, 7) is 0. The first-order valence-corrected chi connectivity index (χ1v) is 5.95. The van der Waals surface area contributed by atoms with E-state index in [1.165, 1.54) is 0 Å². The van der Waals surface area contributed by atoms with E-state index in [0.717, 1.165) is 6.07 Å². The van der Waals surface area contributed by atoms with Crippen molar-refractivity contribution in [3.05, 3.63) is 25.1 Å². The van der Waals surface area contributed by atoms with Gasteiger partial charge in [0.25, 0.3) is 0 Å². The van der Waals surface area contributed by atoms with E-state index in [1.807, 2.05) is 0 Å². The maximum atomic E-state index is 13.0. The highest BCUT2D eigenvalue weighted by Gasteiger charge is 2.67. The normalized spacial score (nSPS) is 19.1. The molecule has 104 valence electrons. The molecule has 1 heterocycles. The Balaban J connectivity index is 2.71. The van der Waals surface area contributed by atoms with Crippen LogP contribution in [0.4, 0.5) is 23.2 Å². The smallest absolute Gasteiger partial charge is 0.421 e. The second-order valence-electron chi connectivity index (χ2n) is 3.34. The number of benzene rings is 1. The third-order valence-corrected chi connectivity index (χ3v) is 4.06. The Bertz CT molecular complexity index is 580. The molecule has 0 fully saturated rings. The topological polar surface area (TPSA) is 61.6 Å². The second kappa shape index (κ2) is 4.20. The van der Waals surface area contributed by atoms with Crippen molar-refractivity contribution in [1.82, 2.24) is 0 Å². The third-order valence-electron chi connectivity index (χ3n) is 2.10. The van der Waals surface area contributed by atoms with E-state index in [0.29, 0.717) is 0 Å². The van der Waals surface area contributed by atoms with Gasteiger partial charge in [-0.15, -0.1) is 0 Å². The van der Waals surface area contributed by atoms with Gasteiger partial charge in [0.05, 0.1) is 4.92 Å². The van der Waals surface area contributed by atoms with Gasteiger partial charge in [0.2, 0.25) is 5.75 Å². The highest BCUT2D eigenvalue weighted by molar-refractivity contribution is 9.13. The maximum Gasteiger partial charge on any atom is 0.508 e. The Morgan fingerprint density at radius 2 is 1.68 bits per heavy atom. The fourth-order valence-corrected chi connectivity index (χ4v) is 2.13. The fourth-order valence-electron chi connectivity index (χ4n) is 1.30. The number of rotatable bonds is 1. The number of nitro groups is 1. The molecule has 1 aromatic rings. The number of hydrogen-bond acceptors (Lipinski definition) is 4. The molecule has 1 aliphatic heterocycles. The molecule has 5 nitrogen and oxygen atoms in total. The van der Waals surface area contributed by atoms with Gasteiger partial charge in [-0.05, 0) is 31.9 Å². The van der Waals surface area contributed by atoms with Crippen molar-refractivity contribution in [3.63, 3.8) is 0 Å². The first kappa shape index (κ1) is 14.3. The van der Waals surface area contributed by atoms with E-state index in [-0.39, 0.29) is 8.95 Å². The van der Waals surface area contributed by atoms with Crippen LogP contribution in [-0.4, -0.2) is 17.1 Å². The zero-order valence-corrected chi connectivity index (χ0v) is 11.6. The minimum atomic E-state index is -5.02. The van der Waals surface area contributed by atoms with Gasteiger partial charge in [-0.3, -0.25) is 10.1 Å². The summed E-state index contributed by atoms with van der Waals surface area (Å²) in [4.78, 5) is 9.75. The maximum absolute atomic E-state index is 13.0. The molecular formula is C8HBr2F4NO4. The Hall–Kier alpha value is -1.10. The molecule has 0 unspecified atom stereocenters. The molecule has 1 aliphatic rings. The predicted octanol–water partition coefficient (Wildman–Crippen LogP) is 4.08. The van der Waals surface area contributed by atoms with E-state index in [4.69, 9.17) is 0 Å². The molecule has 1 aromatic carbocycles. The number of nitrogens with zero attached hydrogens (tertiary/aromatic N) is 1. The van der Waals surface area contributed by atoms with Crippen LogP contribution >= 0.6 is 31.9 Å². The van der Waals surface area contributed by atoms with Crippen LogP contribution in [-0.2, 0) is 0 Å². The van der Waals surface area contributed by atoms with Gasteiger partial charge < -0.3 is 9.47 Å². The molecule has 0 spiro atoms. The van der Waals surface area contributed by atoms with Gasteiger partial charge in [-0.25, -0.2) is 0 Å². The zero-order chi connectivity index (χ0) is 14.6. The summed E-state index contributed by atoms with van der Waals surface area (Å²) in [5.41, 5.74) is -0.945. The first-order chi connectivity index (χ1) is 8.57. The Kier molecular flexibility index (Phi) is 3.16. The van der Waals surface area contributed by atoms with Gasteiger partial charge in [0, 0.05) is 10.5 Å². The third kappa shape index (κ3) is 2.14. The second-order valence-corrected chi connectivity index (χ2v) is 4.99. The molecule has 19 heavy (non-hydrogen) atoms. The molecule has 0 amide bonds. The Morgan fingerprint density at radius 1 is 1.16 bits per heavy atom. The number of fused-ring (bicyclic) bond motifs is 1. The molecule has 0 aromatic heterocycles. The van der Waals surface area contributed by atoms with Crippen molar-refractivity contribution in [3.8, 4) is 11.5 Å². The molecule has 0 saturated heterocycles. The minimum absolute atomic E-state index is 0.0254. The van der Waals surface area contributed by atoms with Crippen molar-refractivity contribution in [2.45, 2.75) is 12.2 Å². The standard InChI is InChI=1S/C8HBr2F4NO4/c9-2-1-3-6(5(4(2)10)15(16)17)19-8(13,14)7(11,12)18-3/h1H. The fraction of sp³-hybridized carbons (Fsp3) is 0.250. The largest absolute Gasteiger partial charge is 0.508 e. The average Bonchev–Trinajstić information content (AvgIpc) is 2.22. The quantitative estimate of drug-likeness (QED) is 0.397. The van der Waals surface area contributed by atoms with Crippen molar-refractivity contribution >= 4 is 37.5 Å². The summed E-state index contributed by atoms with van der Waals surface area (Å²) < 4.78 is 59.1. The van der Waals surface area contributed by atoms with Gasteiger partial charge in [-0.1, -0.05) is 0 Å². The SMILES string of the molecule is O=[N+]([O-])c1c(Br)c(Br)cc2c1OC(F)(F)C(F)(F)O2. The summed E-state index contributed by atoms with van der Waals surface area (Å²) in [6.07, 6.45) is -9.95. The summed E-state index contributed by atoms with van der Waals surface area (Å²) in [5.74, 6) is -1.94. The summed E-state index contributed by atoms with van der Waals surface area (Å²) >= 11 is 5.61. The van der Waals surface area contributed by atoms with Gasteiger partial charge in [0.1, 0.15) is 4.47 Å². The Morgan fingerprint density at radius 3 is 2.21 bits per heavy atom. The van der Waals surface area contributed by atoms with E-state index >= 15 is 0 Å². The lowest BCUT2D eigenvalue weighted by Crippen LogP contribution is -2.52. The van der Waals surface area contributed by atoms with E-state index < -0.39 is 34.3 Å². The lowest BCUT2D eigenvalue weighted by molar-refractivity contribution is -0.407. The number of halogens is 6. The highest BCUT2D eigenvalue weighted by Crippen LogP contribution is 2.54. The van der Waals surface area contributed by atoms with Gasteiger partial charge >= 0.3 is 17.9 Å². The molecule has 0 aliphatic carbocycles. The van der Waals surface area contributed by atoms with E-state index in [9.17, 15) is 27.7 Å². The number of ether oxygens (including phenoxy) is 2. The van der Waals surface area contributed by atoms with E-state index in [2.05, 4.69) is 41.3 Å². The first-order valence-electron chi connectivity index (χ1n) is 4.37. The molecule has 0 N–H and O–H groups in total. The van der Waals surface area contributed by atoms with Crippen LogP contribution in [0.25, 0.3) is 0 Å². The molecule has 11 heteroatoms. The molecular weight excluding hydrogens is 410 g/mol. The van der Waals surface area contributed by atoms with Gasteiger partial charge in [0.15, 0.2) is 5.75 Å². The molecule has 0 saturated carbocycles. The zero-order valence-electron chi connectivity index (χ0n) is 8.43. The summed E-state index contributed by atoms with van der Waals surface area (Å²) in [6, 6.07) is 0.857. The average molecular weight is 411 g/mol. The molecule has 0 bridgehead atoms. The summed E-state index contributed by atoms with van der Waals surface area (Å²) in [5, 5.41) is 10.8. The van der Waals surface area contributed by atoms with Crippen LogP contribution in [0.2, 0.25) is 0 Å².